The summed E-state index contributed by atoms with van der Waals surface area (Å²) in [7, 11) is 0. The van der Waals surface area contributed by atoms with E-state index in [-0.39, 0.29) is 22.9 Å². The van der Waals surface area contributed by atoms with Gasteiger partial charge in [0, 0.05) is 24.1 Å². The molecule has 1 N–H and O–H groups in total. The van der Waals surface area contributed by atoms with Crippen LogP contribution in [0, 0.1) is 17.8 Å². The highest BCUT2D eigenvalue weighted by Crippen LogP contribution is 2.40. The summed E-state index contributed by atoms with van der Waals surface area (Å²) in [6.45, 7) is 5.87. The largest absolute Gasteiger partial charge is 1.00 e. The van der Waals surface area contributed by atoms with Crippen molar-refractivity contribution in [1.29, 1.82) is 0 Å². The van der Waals surface area contributed by atoms with E-state index in [1.54, 1.807) is 0 Å². The molecule has 5 aliphatic rings. The molecule has 30 heavy (non-hydrogen) atoms. The lowest BCUT2D eigenvalue weighted by Crippen LogP contribution is -3.00. The van der Waals surface area contributed by atoms with E-state index in [0.717, 1.165) is 40.8 Å². The smallest absolute Gasteiger partial charge is 0.272 e. The second-order valence-corrected chi connectivity index (χ2v) is 10.8. The monoisotopic (exact) mass is 491 g/mol. The van der Waals surface area contributed by atoms with E-state index >= 15 is 0 Å². The van der Waals surface area contributed by atoms with Crippen molar-refractivity contribution in [3.63, 3.8) is 0 Å². The lowest BCUT2D eigenvalue weighted by atomic mass is 9.81. The van der Waals surface area contributed by atoms with Gasteiger partial charge in [-0.1, -0.05) is 0 Å². The fourth-order valence-electron chi connectivity index (χ4n) is 5.46. The molecule has 1 atom stereocenters. The van der Waals surface area contributed by atoms with E-state index in [9.17, 15) is 4.79 Å². The average molecular weight is 492 g/mol. The maximum Gasteiger partial charge on any atom is 0.272 e. The summed E-state index contributed by atoms with van der Waals surface area (Å²) in [5.74, 6) is 3.16. The van der Waals surface area contributed by atoms with Crippen LogP contribution in [0.3, 0.4) is 0 Å². The summed E-state index contributed by atoms with van der Waals surface area (Å²) in [4.78, 5) is 13.2. The number of benzene rings is 1. The van der Waals surface area contributed by atoms with E-state index in [1.165, 1.54) is 74.2 Å². The molecule has 1 aromatic heterocycles. The van der Waals surface area contributed by atoms with Crippen molar-refractivity contribution in [2.75, 3.05) is 32.8 Å². The number of rotatable bonds is 7. The normalized spacial score (nSPS) is 30.1. The number of ether oxygens (including phenoxy) is 1. The van der Waals surface area contributed by atoms with Crippen LogP contribution >= 0.6 is 11.5 Å². The van der Waals surface area contributed by atoms with Gasteiger partial charge in [-0.15, -0.1) is 0 Å². The average Bonchev–Trinajstić information content (AvgIpc) is 3.66. The standard InChI is InChI=1S/C23H29N3O2S.BrH/c27-23(24-20-13-26(12-15-1-2-15)9-7-17(20)8-10-26)22-19-11-18(28-14-16-3-4-16)5-6-21(19)29-25-22;/h5-6,11,15-17,20H,1-4,7-10,12-14H2;1H/t17?,20-,26?;/m1./s1. The number of fused-ring (bicyclic) bond motifs is 4. The zero-order valence-corrected chi connectivity index (χ0v) is 19.7. The minimum Gasteiger partial charge on any atom is -1.00 e. The predicted octanol–water partition coefficient (Wildman–Crippen LogP) is 0.838. The molecule has 7 rings (SSSR count). The summed E-state index contributed by atoms with van der Waals surface area (Å²) >= 11 is 1.41. The van der Waals surface area contributed by atoms with Crippen molar-refractivity contribution in [1.82, 2.24) is 9.69 Å². The van der Waals surface area contributed by atoms with Gasteiger partial charge in [0.25, 0.3) is 5.91 Å². The molecule has 162 valence electrons. The Morgan fingerprint density at radius 3 is 2.63 bits per heavy atom. The number of aromatic nitrogens is 1. The van der Waals surface area contributed by atoms with E-state index in [1.807, 2.05) is 18.2 Å². The van der Waals surface area contributed by atoms with Gasteiger partial charge in [-0.3, -0.25) is 4.79 Å². The van der Waals surface area contributed by atoms with Crippen LogP contribution in [0.2, 0.25) is 0 Å². The van der Waals surface area contributed by atoms with Crippen LogP contribution in [0.5, 0.6) is 5.75 Å². The van der Waals surface area contributed by atoms with Gasteiger partial charge in [-0.25, -0.2) is 0 Å². The second kappa shape index (κ2) is 8.06. The van der Waals surface area contributed by atoms with Crippen LogP contribution in [0.25, 0.3) is 10.1 Å². The Morgan fingerprint density at radius 1 is 1.13 bits per heavy atom. The first-order valence-electron chi connectivity index (χ1n) is 11.4. The van der Waals surface area contributed by atoms with Crippen molar-refractivity contribution in [3.05, 3.63) is 23.9 Å². The molecule has 4 heterocycles. The third-order valence-corrected chi connectivity index (χ3v) is 8.43. The van der Waals surface area contributed by atoms with Crippen LogP contribution in [0.1, 0.15) is 49.0 Å². The molecular formula is C23H30BrN3O2S. The summed E-state index contributed by atoms with van der Waals surface area (Å²) in [5, 5.41) is 4.33. The number of amides is 1. The molecular weight excluding hydrogens is 462 g/mol. The molecule has 3 aliphatic heterocycles. The summed E-state index contributed by atoms with van der Waals surface area (Å²) in [6, 6.07) is 6.35. The fraction of sp³-hybridized carbons (Fsp3) is 0.652. The van der Waals surface area contributed by atoms with E-state index in [2.05, 4.69) is 9.69 Å². The Morgan fingerprint density at radius 2 is 1.90 bits per heavy atom. The van der Waals surface area contributed by atoms with Gasteiger partial charge in [0.15, 0.2) is 0 Å². The number of nitrogens with one attached hydrogen (secondary N) is 1. The predicted molar refractivity (Wildman–Crippen MR) is 114 cm³/mol. The highest BCUT2D eigenvalue weighted by Gasteiger charge is 2.48. The van der Waals surface area contributed by atoms with Crippen LogP contribution < -0.4 is 27.0 Å². The molecule has 0 spiro atoms. The van der Waals surface area contributed by atoms with Crippen molar-refractivity contribution < 1.29 is 31.0 Å². The van der Waals surface area contributed by atoms with Crippen molar-refractivity contribution >= 4 is 27.5 Å². The van der Waals surface area contributed by atoms with Gasteiger partial charge in [-0.2, -0.15) is 4.37 Å². The molecule has 1 amide bonds. The molecule has 0 radical (unpaired) electrons. The molecule has 2 aliphatic carbocycles. The van der Waals surface area contributed by atoms with Gasteiger partial charge in [0.05, 0.1) is 43.5 Å². The molecule has 7 heteroatoms. The van der Waals surface area contributed by atoms with Crippen molar-refractivity contribution in [2.45, 2.75) is 44.6 Å². The summed E-state index contributed by atoms with van der Waals surface area (Å²) in [6.07, 6.45) is 7.90. The minimum atomic E-state index is -0.00100. The first kappa shape index (κ1) is 20.7. The van der Waals surface area contributed by atoms with Gasteiger partial charge in [0.2, 0.25) is 0 Å². The molecule has 5 nitrogen and oxygen atoms in total. The lowest BCUT2D eigenvalue weighted by Gasteiger charge is -2.53. The number of piperidine rings is 3. The van der Waals surface area contributed by atoms with Crippen LogP contribution in [0.15, 0.2) is 18.2 Å². The molecule has 2 saturated carbocycles. The Labute approximate surface area is 192 Å². The fourth-order valence-corrected chi connectivity index (χ4v) is 6.22. The third-order valence-electron chi connectivity index (χ3n) is 7.60. The Bertz CT molecular complexity index is 932. The number of hydrogen-bond donors (Lipinski definition) is 1. The zero-order chi connectivity index (χ0) is 19.4. The number of carbonyl (C=O) groups excluding carboxylic acids is 1. The molecule has 2 aromatic rings. The Hall–Kier alpha value is -1.18. The van der Waals surface area contributed by atoms with Crippen LogP contribution in [-0.2, 0) is 0 Å². The lowest BCUT2D eigenvalue weighted by molar-refractivity contribution is -0.945. The molecule has 2 bridgehead atoms. The Kier molecular flexibility index (Phi) is 5.57. The van der Waals surface area contributed by atoms with E-state index < -0.39 is 0 Å². The highest BCUT2D eigenvalue weighted by molar-refractivity contribution is 7.13. The van der Waals surface area contributed by atoms with E-state index in [4.69, 9.17) is 4.74 Å². The SMILES string of the molecule is O=C(N[C@@H]1C[N+]2(CC3CC3)CCC1CC2)c1nsc2ccc(OCC3CC3)cc12.[Br-]. The first-order chi connectivity index (χ1) is 14.2. The first-order valence-corrected chi connectivity index (χ1v) is 12.1. The third kappa shape index (κ3) is 4.13. The molecule has 5 fully saturated rings. The van der Waals surface area contributed by atoms with Gasteiger partial charge < -0.3 is 31.5 Å². The number of nitrogens with zero attached hydrogens (tertiary/aromatic N) is 2. The van der Waals surface area contributed by atoms with Crippen molar-refractivity contribution in [2.24, 2.45) is 17.8 Å². The molecule has 0 unspecified atom stereocenters. The molecule has 3 saturated heterocycles. The number of hydrogen-bond acceptors (Lipinski definition) is 4. The zero-order valence-electron chi connectivity index (χ0n) is 17.3. The minimum absolute atomic E-state index is 0. The van der Waals surface area contributed by atoms with E-state index in [0.29, 0.717) is 17.7 Å². The molecule has 1 aromatic carbocycles. The maximum absolute atomic E-state index is 13.2. The van der Waals surface area contributed by atoms with Gasteiger partial charge >= 0.3 is 0 Å². The van der Waals surface area contributed by atoms with Gasteiger partial charge in [-0.05, 0) is 67.3 Å². The maximum atomic E-state index is 13.2. The quantitative estimate of drug-likeness (QED) is 0.583. The van der Waals surface area contributed by atoms with Crippen molar-refractivity contribution in [3.8, 4) is 5.75 Å². The van der Waals surface area contributed by atoms with Crippen LogP contribution in [0.4, 0.5) is 0 Å². The van der Waals surface area contributed by atoms with Crippen LogP contribution in [-0.4, -0.2) is 53.6 Å². The Balaban J connectivity index is 0.00000193. The number of quaternary nitrogens is 1. The highest BCUT2D eigenvalue weighted by atomic mass is 79.9. The second-order valence-electron chi connectivity index (χ2n) is 9.96. The summed E-state index contributed by atoms with van der Waals surface area (Å²) in [5.41, 5.74) is 0.576. The number of carbonyl (C=O) groups is 1. The summed E-state index contributed by atoms with van der Waals surface area (Å²) < 4.78 is 12.7. The number of halogens is 1. The van der Waals surface area contributed by atoms with Gasteiger partial charge in [0.1, 0.15) is 11.4 Å². The topological polar surface area (TPSA) is 51.2 Å².